The minimum atomic E-state index is 0.283. The summed E-state index contributed by atoms with van der Waals surface area (Å²) in [5.74, 6) is 1.12. The highest BCUT2D eigenvalue weighted by molar-refractivity contribution is 6.28. The molecule has 18 heavy (non-hydrogen) atoms. The fourth-order valence-electron chi connectivity index (χ4n) is 1.54. The van der Waals surface area contributed by atoms with Crippen molar-refractivity contribution < 1.29 is 4.74 Å². The lowest BCUT2D eigenvalue weighted by Gasteiger charge is -2.08. The number of halogens is 1. The van der Waals surface area contributed by atoms with E-state index in [4.69, 9.17) is 16.3 Å². The summed E-state index contributed by atoms with van der Waals surface area (Å²) in [5.41, 5.74) is 1.29. The molecule has 0 saturated heterocycles. The average molecular weight is 262 g/mol. The Labute approximate surface area is 107 Å². The van der Waals surface area contributed by atoms with Gasteiger partial charge in [0.15, 0.2) is 5.75 Å². The number of ether oxygens (including phenoxy) is 1. The van der Waals surface area contributed by atoms with Crippen molar-refractivity contribution in [1.82, 2.24) is 24.6 Å². The molecule has 0 N–H and O–H groups in total. The van der Waals surface area contributed by atoms with Crippen molar-refractivity contribution in [1.29, 1.82) is 0 Å². The molecular formula is C11H8ClN5O. The van der Waals surface area contributed by atoms with Crippen molar-refractivity contribution in [3.8, 4) is 11.5 Å². The first-order valence-corrected chi connectivity index (χ1v) is 5.57. The van der Waals surface area contributed by atoms with Gasteiger partial charge in [-0.25, -0.2) is 4.98 Å². The van der Waals surface area contributed by atoms with Gasteiger partial charge in [0.1, 0.15) is 12.1 Å². The van der Waals surface area contributed by atoms with Gasteiger partial charge in [0.05, 0.1) is 11.9 Å². The molecule has 3 rings (SSSR count). The summed E-state index contributed by atoms with van der Waals surface area (Å²) in [7, 11) is 0. The van der Waals surface area contributed by atoms with E-state index in [1.54, 1.807) is 16.7 Å². The molecular weight excluding hydrogens is 254 g/mol. The summed E-state index contributed by atoms with van der Waals surface area (Å²) in [5, 5.41) is 8.01. The minimum absolute atomic E-state index is 0.283. The third-order valence-electron chi connectivity index (χ3n) is 2.43. The standard InChI is InChI=1S/C11H8ClN5O/c1-7-8(3-2-4-13-7)18-9-5-14-11(12)17-6-15-16-10(9)17/h2-6H,1H3. The molecule has 0 fully saturated rings. The Bertz CT molecular complexity index is 711. The van der Waals surface area contributed by atoms with E-state index >= 15 is 0 Å². The van der Waals surface area contributed by atoms with Crippen LogP contribution in [-0.4, -0.2) is 24.6 Å². The third kappa shape index (κ3) is 1.76. The van der Waals surface area contributed by atoms with Crippen molar-refractivity contribution in [2.75, 3.05) is 0 Å². The van der Waals surface area contributed by atoms with E-state index in [0.717, 1.165) is 5.69 Å². The quantitative estimate of drug-likeness (QED) is 0.662. The highest BCUT2D eigenvalue weighted by Crippen LogP contribution is 2.26. The van der Waals surface area contributed by atoms with Gasteiger partial charge < -0.3 is 4.74 Å². The van der Waals surface area contributed by atoms with Gasteiger partial charge in [-0.3, -0.25) is 9.38 Å². The van der Waals surface area contributed by atoms with Gasteiger partial charge in [0.2, 0.25) is 10.9 Å². The topological polar surface area (TPSA) is 65.2 Å². The first kappa shape index (κ1) is 10.9. The molecule has 0 amide bonds. The molecule has 0 aliphatic carbocycles. The van der Waals surface area contributed by atoms with Crippen molar-refractivity contribution in [3.63, 3.8) is 0 Å². The van der Waals surface area contributed by atoms with Crippen LogP contribution in [0.1, 0.15) is 5.69 Å². The van der Waals surface area contributed by atoms with E-state index in [-0.39, 0.29) is 5.28 Å². The van der Waals surface area contributed by atoms with Crippen molar-refractivity contribution >= 4 is 17.2 Å². The summed E-state index contributed by atoms with van der Waals surface area (Å²) in [4.78, 5) is 8.15. The number of pyridine rings is 1. The summed E-state index contributed by atoms with van der Waals surface area (Å²) >= 11 is 5.91. The van der Waals surface area contributed by atoms with Crippen molar-refractivity contribution in [2.24, 2.45) is 0 Å². The number of aryl methyl sites for hydroxylation is 1. The van der Waals surface area contributed by atoms with Crippen LogP contribution in [-0.2, 0) is 0 Å². The fourth-order valence-corrected chi connectivity index (χ4v) is 1.71. The Morgan fingerprint density at radius 2 is 2.17 bits per heavy atom. The number of nitrogens with zero attached hydrogens (tertiary/aromatic N) is 5. The molecule has 0 saturated carbocycles. The summed E-state index contributed by atoms with van der Waals surface area (Å²) in [6.45, 7) is 1.86. The van der Waals surface area contributed by atoms with Crippen LogP contribution in [0.25, 0.3) is 5.65 Å². The molecule has 3 heterocycles. The SMILES string of the molecule is Cc1ncccc1Oc1cnc(Cl)n2cnnc12. The van der Waals surface area contributed by atoms with Gasteiger partial charge in [-0.15, -0.1) is 10.2 Å². The maximum atomic E-state index is 5.91. The Morgan fingerprint density at radius 1 is 1.28 bits per heavy atom. The second kappa shape index (κ2) is 4.23. The molecule has 90 valence electrons. The zero-order valence-electron chi connectivity index (χ0n) is 9.41. The van der Waals surface area contributed by atoms with E-state index in [1.165, 1.54) is 12.5 Å². The van der Waals surface area contributed by atoms with Crippen LogP contribution < -0.4 is 4.74 Å². The van der Waals surface area contributed by atoms with Gasteiger partial charge >= 0.3 is 0 Å². The molecule has 0 bridgehead atoms. The smallest absolute Gasteiger partial charge is 0.210 e. The average Bonchev–Trinajstić information content (AvgIpc) is 2.85. The lowest BCUT2D eigenvalue weighted by atomic mass is 10.3. The summed E-state index contributed by atoms with van der Waals surface area (Å²) < 4.78 is 7.27. The summed E-state index contributed by atoms with van der Waals surface area (Å²) in [6, 6.07) is 3.62. The van der Waals surface area contributed by atoms with Crippen LogP contribution in [0.15, 0.2) is 30.9 Å². The predicted octanol–water partition coefficient (Wildman–Crippen LogP) is 2.27. The molecule has 6 nitrogen and oxygen atoms in total. The molecule has 0 aliphatic rings. The zero-order valence-corrected chi connectivity index (χ0v) is 10.2. The molecule has 3 aromatic rings. The van der Waals surface area contributed by atoms with Crippen LogP contribution in [0.2, 0.25) is 5.28 Å². The molecule has 7 heteroatoms. The van der Waals surface area contributed by atoms with Crippen LogP contribution in [0.5, 0.6) is 11.5 Å². The molecule has 0 radical (unpaired) electrons. The molecule has 0 aliphatic heterocycles. The van der Waals surface area contributed by atoms with E-state index < -0.39 is 0 Å². The molecule has 0 spiro atoms. The van der Waals surface area contributed by atoms with Gasteiger partial charge in [-0.05, 0) is 30.7 Å². The number of hydrogen-bond acceptors (Lipinski definition) is 5. The second-order valence-electron chi connectivity index (χ2n) is 3.61. The molecule has 0 aromatic carbocycles. The maximum Gasteiger partial charge on any atom is 0.210 e. The number of aromatic nitrogens is 5. The predicted molar refractivity (Wildman–Crippen MR) is 64.8 cm³/mol. The minimum Gasteiger partial charge on any atom is -0.450 e. The zero-order chi connectivity index (χ0) is 12.5. The normalized spacial score (nSPS) is 10.8. The Hall–Kier alpha value is -2.21. The van der Waals surface area contributed by atoms with Crippen molar-refractivity contribution in [3.05, 3.63) is 41.8 Å². The van der Waals surface area contributed by atoms with E-state index in [9.17, 15) is 0 Å². The lowest BCUT2D eigenvalue weighted by molar-refractivity contribution is 0.475. The lowest BCUT2D eigenvalue weighted by Crippen LogP contribution is -1.96. The Kier molecular flexibility index (Phi) is 2.56. The van der Waals surface area contributed by atoms with Gasteiger partial charge in [0.25, 0.3) is 0 Å². The Morgan fingerprint density at radius 3 is 3.00 bits per heavy atom. The van der Waals surface area contributed by atoms with Crippen LogP contribution in [0, 0.1) is 6.92 Å². The molecule has 0 unspecified atom stereocenters. The van der Waals surface area contributed by atoms with Gasteiger partial charge in [0, 0.05) is 6.20 Å². The number of fused-ring (bicyclic) bond motifs is 1. The van der Waals surface area contributed by atoms with Crippen LogP contribution in [0.4, 0.5) is 0 Å². The highest BCUT2D eigenvalue weighted by Gasteiger charge is 2.11. The third-order valence-corrected chi connectivity index (χ3v) is 2.71. The fraction of sp³-hybridized carbons (Fsp3) is 0.0909. The first-order chi connectivity index (χ1) is 8.75. The largest absolute Gasteiger partial charge is 0.450 e. The van der Waals surface area contributed by atoms with Gasteiger partial charge in [-0.1, -0.05) is 0 Å². The Balaban J connectivity index is 2.08. The number of rotatable bonds is 2. The second-order valence-corrected chi connectivity index (χ2v) is 3.94. The van der Waals surface area contributed by atoms with Crippen molar-refractivity contribution in [2.45, 2.75) is 6.92 Å². The maximum absolute atomic E-state index is 5.91. The van der Waals surface area contributed by atoms with Crippen LogP contribution >= 0.6 is 11.6 Å². The van der Waals surface area contributed by atoms with E-state index in [0.29, 0.717) is 17.1 Å². The monoisotopic (exact) mass is 261 g/mol. The van der Waals surface area contributed by atoms with Crippen LogP contribution in [0.3, 0.4) is 0 Å². The molecule has 3 aromatic heterocycles. The highest BCUT2D eigenvalue weighted by atomic mass is 35.5. The summed E-state index contributed by atoms with van der Waals surface area (Å²) in [6.07, 6.45) is 4.70. The first-order valence-electron chi connectivity index (χ1n) is 5.19. The van der Waals surface area contributed by atoms with Gasteiger partial charge in [-0.2, -0.15) is 0 Å². The van der Waals surface area contributed by atoms with E-state index in [1.807, 2.05) is 13.0 Å². The molecule has 0 atom stereocenters. The number of hydrogen-bond donors (Lipinski definition) is 0. The van der Waals surface area contributed by atoms with E-state index in [2.05, 4.69) is 20.2 Å².